The van der Waals surface area contributed by atoms with Gasteiger partial charge in [-0.15, -0.1) is 0 Å². The second-order valence-electron chi connectivity index (χ2n) is 3.92. The molecule has 102 valence electrons. The third-order valence-electron chi connectivity index (χ3n) is 2.54. The summed E-state index contributed by atoms with van der Waals surface area (Å²) in [7, 11) is 0. The Bertz CT molecular complexity index is 671. The zero-order valence-electron chi connectivity index (χ0n) is 10.0. The molecule has 0 saturated carbocycles. The molecule has 1 amide bonds. The third kappa shape index (κ3) is 2.89. The number of halogens is 1. The first kappa shape index (κ1) is 13.5. The van der Waals surface area contributed by atoms with Gasteiger partial charge in [0.25, 0.3) is 5.91 Å². The summed E-state index contributed by atoms with van der Waals surface area (Å²) in [6, 6.07) is 8.37. The number of hydrogen-bond acceptors (Lipinski definition) is 4. The summed E-state index contributed by atoms with van der Waals surface area (Å²) < 4.78 is 12.7. The number of nitro benzene ring substituents is 1. The van der Waals surface area contributed by atoms with Crippen LogP contribution >= 0.6 is 0 Å². The van der Waals surface area contributed by atoms with Gasteiger partial charge in [-0.05, 0) is 36.4 Å². The number of nitro groups is 1. The SMILES string of the molecule is O=C(Nc1ccc(F)cc1)c1ccc([N+](=O)[O-])c(O)c1. The molecule has 0 aliphatic carbocycles. The van der Waals surface area contributed by atoms with Crippen LogP contribution in [-0.4, -0.2) is 15.9 Å². The van der Waals surface area contributed by atoms with Crippen LogP contribution in [0.2, 0.25) is 0 Å². The van der Waals surface area contributed by atoms with E-state index in [0.717, 1.165) is 12.1 Å². The molecule has 0 bridgehead atoms. The Morgan fingerprint density at radius 1 is 1.20 bits per heavy atom. The molecule has 6 nitrogen and oxygen atoms in total. The predicted octanol–water partition coefficient (Wildman–Crippen LogP) is 2.69. The number of phenols is 1. The van der Waals surface area contributed by atoms with Crippen LogP contribution in [0.3, 0.4) is 0 Å². The molecule has 20 heavy (non-hydrogen) atoms. The lowest BCUT2D eigenvalue weighted by atomic mass is 10.1. The summed E-state index contributed by atoms with van der Waals surface area (Å²) in [5.74, 6) is -1.60. The number of amides is 1. The molecule has 2 rings (SSSR count). The summed E-state index contributed by atoms with van der Waals surface area (Å²) in [6.45, 7) is 0. The van der Waals surface area contributed by atoms with Crippen LogP contribution in [-0.2, 0) is 0 Å². The van der Waals surface area contributed by atoms with Crippen molar-refractivity contribution in [2.45, 2.75) is 0 Å². The lowest BCUT2D eigenvalue weighted by Gasteiger charge is -2.05. The van der Waals surface area contributed by atoms with E-state index in [1.165, 1.54) is 30.3 Å². The number of nitrogens with one attached hydrogen (secondary N) is 1. The van der Waals surface area contributed by atoms with Crippen LogP contribution in [0, 0.1) is 15.9 Å². The van der Waals surface area contributed by atoms with Gasteiger partial charge in [-0.1, -0.05) is 0 Å². The minimum Gasteiger partial charge on any atom is -0.502 e. The summed E-state index contributed by atoms with van der Waals surface area (Å²) >= 11 is 0. The average Bonchev–Trinajstić information content (AvgIpc) is 2.40. The Morgan fingerprint density at radius 3 is 2.40 bits per heavy atom. The van der Waals surface area contributed by atoms with Crippen molar-refractivity contribution in [3.8, 4) is 5.75 Å². The first-order valence-corrected chi connectivity index (χ1v) is 5.51. The van der Waals surface area contributed by atoms with E-state index in [0.29, 0.717) is 5.69 Å². The van der Waals surface area contributed by atoms with E-state index >= 15 is 0 Å². The number of phenolic OH excluding ortho intramolecular Hbond substituents is 1. The average molecular weight is 276 g/mol. The van der Waals surface area contributed by atoms with Gasteiger partial charge >= 0.3 is 5.69 Å². The van der Waals surface area contributed by atoms with Crippen molar-refractivity contribution in [2.24, 2.45) is 0 Å². The highest BCUT2D eigenvalue weighted by molar-refractivity contribution is 6.04. The van der Waals surface area contributed by atoms with E-state index in [4.69, 9.17) is 0 Å². The van der Waals surface area contributed by atoms with Gasteiger partial charge in [0.15, 0.2) is 5.75 Å². The molecule has 0 atom stereocenters. The molecule has 2 N–H and O–H groups in total. The minimum atomic E-state index is -0.753. The number of rotatable bonds is 3. The summed E-state index contributed by atoms with van der Waals surface area (Å²) in [5, 5.41) is 22.5. The molecular weight excluding hydrogens is 267 g/mol. The highest BCUT2D eigenvalue weighted by Gasteiger charge is 2.16. The van der Waals surface area contributed by atoms with Crippen LogP contribution < -0.4 is 5.32 Å². The van der Waals surface area contributed by atoms with E-state index in [-0.39, 0.29) is 5.56 Å². The molecule has 0 aliphatic rings. The van der Waals surface area contributed by atoms with Gasteiger partial charge in [-0.25, -0.2) is 4.39 Å². The number of nitrogens with zero attached hydrogens (tertiary/aromatic N) is 1. The Balaban J connectivity index is 2.19. The Hall–Kier alpha value is -2.96. The normalized spacial score (nSPS) is 10.1. The minimum absolute atomic E-state index is 0.0532. The summed E-state index contributed by atoms with van der Waals surface area (Å²) in [5.41, 5.74) is -0.0602. The van der Waals surface area contributed by atoms with Gasteiger partial charge in [0, 0.05) is 17.3 Å². The van der Waals surface area contributed by atoms with Gasteiger partial charge in [-0.3, -0.25) is 14.9 Å². The predicted molar refractivity (Wildman–Crippen MR) is 69.1 cm³/mol. The zero-order chi connectivity index (χ0) is 14.7. The van der Waals surface area contributed by atoms with Crippen LogP contribution in [0.5, 0.6) is 5.75 Å². The first-order chi connectivity index (χ1) is 9.47. The second-order valence-corrected chi connectivity index (χ2v) is 3.92. The van der Waals surface area contributed by atoms with Crippen molar-refractivity contribution < 1.29 is 19.2 Å². The van der Waals surface area contributed by atoms with Gasteiger partial charge in [0.2, 0.25) is 0 Å². The summed E-state index contributed by atoms with van der Waals surface area (Å²) in [6.07, 6.45) is 0. The maximum Gasteiger partial charge on any atom is 0.310 e. The molecule has 0 spiro atoms. The number of benzene rings is 2. The number of carbonyl (C=O) groups excluding carboxylic acids is 1. The largest absolute Gasteiger partial charge is 0.502 e. The lowest BCUT2D eigenvalue weighted by Crippen LogP contribution is -2.11. The monoisotopic (exact) mass is 276 g/mol. The number of hydrogen-bond donors (Lipinski definition) is 2. The number of aromatic hydroxyl groups is 1. The van der Waals surface area contributed by atoms with Crippen LogP contribution in [0.25, 0.3) is 0 Å². The van der Waals surface area contributed by atoms with Gasteiger partial charge in [0.1, 0.15) is 5.82 Å². The molecule has 0 heterocycles. The molecule has 0 radical (unpaired) electrons. The van der Waals surface area contributed by atoms with E-state index in [2.05, 4.69) is 5.32 Å². The fourth-order valence-electron chi connectivity index (χ4n) is 1.56. The first-order valence-electron chi connectivity index (χ1n) is 5.51. The molecule has 0 unspecified atom stereocenters. The Kier molecular flexibility index (Phi) is 3.60. The molecule has 2 aromatic carbocycles. The Labute approximate surface area is 112 Å². The van der Waals surface area contributed by atoms with Crippen molar-refractivity contribution in [3.05, 3.63) is 64.0 Å². The smallest absolute Gasteiger partial charge is 0.310 e. The third-order valence-corrected chi connectivity index (χ3v) is 2.54. The maximum atomic E-state index is 12.7. The molecular formula is C13H9FN2O4. The highest BCUT2D eigenvalue weighted by atomic mass is 19.1. The van der Waals surface area contributed by atoms with E-state index in [9.17, 15) is 24.4 Å². The highest BCUT2D eigenvalue weighted by Crippen LogP contribution is 2.26. The zero-order valence-corrected chi connectivity index (χ0v) is 10.0. The van der Waals surface area contributed by atoms with E-state index in [1.807, 2.05) is 0 Å². The number of anilines is 1. The van der Waals surface area contributed by atoms with Crippen LogP contribution in [0.4, 0.5) is 15.8 Å². The van der Waals surface area contributed by atoms with Crippen molar-refractivity contribution in [3.63, 3.8) is 0 Å². The lowest BCUT2D eigenvalue weighted by molar-refractivity contribution is -0.385. The molecule has 0 fully saturated rings. The van der Waals surface area contributed by atoms with E-state index in [1.54, 1.807) is 0 Å². The van der Waals surface area contributed by atoms with Gasteiger partial charge in [-0.2, -0.15) is 0 Å². The molecule has 0 aromatic heterocycles. The molecule has 0 saturated heterocycles. The van der Waals surface area contributed by atoms with Crippen LogP contribution in [0.15, 0.2) is 42.5 Å². The molecule has 0 aliphatic heterocycles. The van der Waals surface area contributed by atoms with Gasteiger partial charge in [0.05, 0.1) is 4.92 Å². The Morgan fingerprint density at radius 2 is 1.85 bits per heavy atom. The fourth-order valence-corrected chi connectivity index (χ4v) is 1.56. The van der Waals surface area contributed by atoms with Crippen LogP contribution in [0.1, 0.15) is 10.4 Å². The molecule has 2 aromatic rings. The van der Waals surface area contributed by atoms with Gasteiger partial charge < -0.3 is 10.4 Å². The van der Waals surface area contributed by atoms with Crippen molar-refractivity contribution >= 4 is 17.3 Å². The summed E-state index contributed by atoms with van der Waals surface area (Å²) in [4.78, 5) is 21.6. The topological polar surface area (TPSA) is 92.5 Å². The molecule has 7 heteroatoms. The second kappa shape index (κ2) is 5.35. The number of carbonyl (C=O) groups is 1. The van der Waals surface area contributed by atoms with Crippen molar-refractivity contribution in [1.29, 1.82) is 0 Å². The van der Waals surface area contributed by atoms with Crippen molar-refractivity contribution in [1.82, 2.24) is 0 Å². The quantitative estimate of drug-likeness (QED) is 0.665. The maximum absolute atomic E-state index is 12.7. The van der Waals surface area contributed by atoms with Crippen molar-refractivity contribution in [2.75, 3.05) is 5.32 Å². The van der Waals surface area contributed by atoms with E-state index < -0.39 is 28.1 Å². The standard InChI is InChI=1S/C13H9FN2O4/c14-9-2-4-10(5-3-9)15-13(18)8-1-6-11(16(19)20)12(17)7-8/h1-7,17H,(H,15,18). The fraction of sp³-hybridized carbons (Fsp3) is 0.